The van der Waals surface area contributed by atoms with E-state index in [0.29, 0.717) is 5.92 Å². The van der Waals surface area contributed by atoms with Crippen LogP contribution in [0.4, 0.5) is 11.4 Å². The van der Waals surface area contributed by atoms with E-state index in [1.807, 2.05) is 0 Å². The number of allylic oxidation sites excluding steroid dienone is 8. The number of nitrogens with zero attached hydrogens (tertiary/aromatic N) is 2. The van der Waals surface area contributed by atoms with Crippen LogP contribution in [-0.2, 0) is 10.8 Å². The van der Waals surface area contributed by atoms with Gasteiger partial charge in [0.1, 0.15) is 6.54 Å². The van der Waals surface area contributed by atoms with Crippen molar-refractivity contribution in [3.05, 3.63) is 136 Å². The molecular formula is C45H55ClN2. The Hall–Kier alpha value is -3.62. The third-order valence-corrected chi connectivity index (χ3v) is 10.8. The second kappa shape index (κ2) is 14.5. The first-order chi connectivity index (χ1) is 22.6. The molecule has 48 heavy (non-hydrogen) atoms. The van der Waals surface area contributed by atoms with Gasteiger partial charge >= 0.3 is 0 Å². The molecule has 3 aromatic carbocycles. The molecule has 2 heterocycles. The summed E-state index contributed by atoms with van der Waals surface area (Å²) in [7, 11) is 0. The van der Waals surface area contributed by atoms with Gasteiger partial charge in [0.05, 0.1) is 5.41 Å². The zero-order valence-electron chi connectivity index (χ0n) is 30.5. The minimum atomic E-state index is -0.0393. The van der Waals surface area contributed by atoms with E-state index in [0.717, 1.165) is 38.8 Å². The molecule has 1 aliphatic carbocycles. The van der Waals surface area contributed by atoms with E-state index in [4.69, 9.17) is 0 Å². The minimum absolute atomic E-state index is 0. The highest BCUT2D eigenvalue weighted by atomic mass is 35.5. The third-order valence-electron chi connectivity index (χ3n) is 10.8. The maximum atomic E-state index is 2.57. The highest BCUT2D eigenvalue weighted by molar-refractivity contribution is 6.03. The minimum Gasteiger partial charge on any atom is -1.00 e. The molecule has 6 rings (SSSR count). The summed E-state index contributed by atoms with van der Waals surface area (Å²) < 4.78 is 2.57. The van der Waals surface area contributed by atoms with E-state index in [9.17, 15) is 0 Å². The molecule has 0 aromatic heterocycles. The average molecular weight is 659 g/mol. The molecule has 0 amide bonds. The molecule has 252 valence electrons. The monoisotopic (exact) mass is 658 g/mol. The van der Waals surface area contributed by atoms with Crippen molar-refractivity contribution < 1.29 is 17.0 Å². The summed E-state index contributed by atoms with van der Waals surface area (Å²) >= 11 is 0. The second-order valence-corrected chi connectivity index (χ2v) is 15.0. The van der Waals surface area contributed by atoms with Gasteiger partial charge in [0.15, 0.2) is 5.71 Å². The Morgan fingerprint density at radius 1 is 0.771 bits per heavy atom. The van der Waals surface area contributed by atoms with Gasteiger partial charge in [0.25, 0.3) is 0 Å². The van der Waals surface area contributed by atoms with Gasteiger partial charge in [0.2, 0.25) is 5.69 Å². The summed E-state index contributed by atoms with van der Waals surface area (Å²) in [5.41, 5.74) is 15.5. The fourth-order valence-electron chi connectivity index (χ4n) is 8.40. The van der Waals surface area contributed by atoms with Gasteiger partial charge in [-0.3, -0.25) is 0 Å². The summed E-state index contributed by atoms with van der Waals surface area (Å²) in [6, 6.07) is 27.2. The van der Waals surface area contributed by atoms with Gasteiger partial charge in [-0.25, -0.2) is 0 Å². The molecule has 0 N–H and O–H groups in total. The van der Waals surface area contributed by atoms with Crippen LogP contribution in [-0.4, -0.2) is 23.4 Å². The summed E-state index contributed by atoms with van der Waals surface area (Å²) in [6.07, 6.45) is 15.5. The number of rotatable bonds is 9. The maximum absolute atomic E-state index is 2.57. The SMILES string of the molecule is CCCN1C(=CC=C2CCCC(C=CC3=[N+](CCC)c4ccccc4C3(C)C)=C2c2ccccc2C(C)C)C(C)(C)c2ccccc21.[Cl-]. The molecule has 0 bridgehead atoms. The van der Waals surface area contributed by atoms with Gasteiger partial charge in [0, 0.05) is 47.5 Å². The second-order valence-electron chi connectivity index (χ2n) is 15.0. The molecule has 3 aliphatic rings. The van der Waals surface area contributed by atoms with Gasteiger partial charge in [-0.2, -0.15) is 4.58 Å². The van der Waals surface area contributed by atoms with Gasteiger partial charge in [-0.05, 0) is 91.0 Å². The first-order valence-corrected chi connectivity index (χ1v) is 18.1. The van der Waals surface area contributed by atoms with Gasteiger partial charge in [-0.1, -0.05) is 114 Å². The lowest BCUT2D eigenvalue weighted by Crippen LogP contribution is -3.00. The fraction of sp³-hybridized carbons (Fsp3) is 0.400. The summed E-state index contributed by atoms with van der Waals surface area (Å²) in [6.45, 7) is 20.9. The molecule has 3 heteroatoms. The molecule has 0 atom stereocenters. The van der Waals surface area contributed by atoms with E-state index in [1.165, 1.54) is 68.2 Å². The molecule has 2 aliphatic heterocycles. The van der Waals surface area contributed by atoms with Crippen molar-refractivity contribution in [2.45, 2.75) is 104 Å². The van der Waals surface area contributed by atoms with Crippen LogP contribution >= 0.6 is 0 Å². The number of hydrogen-bond donors (Lipinski definition) is 0. The Labute approximate surface area is 297 Å². The molecule has 0 saturated heterocycles. The molecule has 0 unspecified atom stereocenters. The van der Waals surface area contributed by atoms with Crippen LogP contribution in [0.1, 0.15) is 116 Å². The summed E-state index contributed by atoms with van der Waals surface area (Å²) in [5, 5.41) is 0. The maximum Gasteiger partial charge on any atom is 0.209 e. The van der Waals surface area contributed by atoms with Crippen molar-refractivity contribution in [3.8, 4) is 0 Å². The zero-order chi connectivity index (χ0) is 33.3. The van der Waals surface area contributed by atoms with Crippen molar-refractivity contribution in [2.24, 2.45) is 0 Å². The van der Waals surface area contributed by atoms with E-state index >= 15 is 0 Å². The first-order valence-electron chi connectivity index (χ1n) is 18.1. The Morgan fingerprint density at radius 2 is 1.46 bits per heavy atom. The van der Waals surface area contributed by atoms with Crippen LogP contribution in [0, 0.1) is 0 Å². The predicted molar refractivity (Wildman–Crippen MR) is 203 cm³/mol. The molecule has 0 saturated carbocycles. The number of benzene rings is 3. The quantitative estimate of drug-likeness (QED) is 0.208. The van der Waals surface area contributed by atoms with Crippen molar-refractivity contribution in [1.29, 1.82) is 0 Å². The Balaban J connectivity index is 0.00000451. The van der Waals surface area contributed by atoms with Crippen molar-refractivity contribution in [1.82, 2.24) is 0 Å². The van der Waals surface area contributed by atoms with E-state index in [2.05, 4.69) is 162 Å². The van der Waals surface area contributed by atoms with Gasteiger partial charge in [-0.15, -0.1) is 0 Å². The largest absolute Gasteiger partial charge is 1.00 e. The van der Waals surface area contributed by atoms with Crippen LogP contribution in [0.15, 0.2) is 114 Å². The first kappa shape index (κ1) is 35.7. The van der Waals surface area contributed by atoms with Gasteiger partial charge < -0.3 is 17.3 Å². The predicted octanol–water partition coefficient (Wildman–Crippen LogP) is 8.81. The third kappa shape index (κ3) is 6.29. The van der Waals surface area contributed by atoms with Crippen molar-refractivity contribution >= 4 is 22.7 Å². The lowest BCUT2D eigenvalue weighted by Gasteiger charge is -2.28. The number of para-hydroxylation sites is 2. The smallest absolute Gasteiger partial charge is 0.209 e. The van der Waals surface area contributed by atoms with Crippen LogP contribution < -0.4 is 17.3 Å². The van der Waals surface area contributed by atoms with Crippen LogP contribution in [0.3, 0.4) is 0 Å². The number of fused-ring (bicyclic) bond motifs is 2. The normalized spacial score (nSPS) is 19.9. The van der Waals surface area contributed by atoms with E-state index < -0.39 is 0 Å². The Kier molecular flexibility index (Phi) is 10.8. The van der Waals surface area contributed by atoms with E-state index in [1.54, 1.807) is 0 Å². The highest BCUT2D eigenvalue weighted by Gasteiger charge is 2.44. The van der Waals surface area contributed by atoms with Crippen molar-refractivity contribution in [3.63, 3.8) is 0 Å². The lowest BCUT2D eigenvalue weighted by molar-refractivity contribution is -0.437. The summed E-state index contributed by atoms with van der Waals surface area (Å²) in [4.78, 5) is 2.57. The molecule has 0 fully saturated rings. The average Bonchev–Trinajstić information content (AvgIpc) is 3.41. The number of anilines is 1. The standard InChI is InChI=1S/C45H55N2.ClH/c1-9-30-46-39-24-15-13-22-37(39)44(5,6)41(46)28-26-33-18-17-19-34(43(33)36-21-12-11-20-35(36)32(3)4)27-29-42-45(7,8)38-23-14-16-25-40(38)47(42)31-10-2;/h11-16,20-29,32H,9-10,17-19,30-31H2,1-8H3;1H/q+1;/p-1. The molecule has 2 nitrogen and oxygen atoms in total. The molecule has 0 radical (unpaired) electrons. The summed E-state index contributed by atoms with van der Waals surface area (Å²) in [5.74, 6) is 0.450. The fourth-order valence-corrected chi connectivity index (χ4v) is 8.40. The van der Waals surface area contributed by atoms with Crippen molar-refractivity contribution in [2.75, 3.05) is 18.0 Å². The van der Waals surface area contributed by atoms with Crippen LogP contribution in [0.5, 0.6) is 0 Å². The number of halogens is 1. The lowest BCUT2D eigenvalue weighted by atomic mass is 9.78. The number of hydrogen-bond acceptors (Lipinski definition) is 1. The highest BCUT2D eigenvalue weighted by Crippen LogP contribution is 2.48. The Morgan fingerprint density at radius 3 is 2.19 bits per heavy atom. The zero-order valence-corrected chi connectivity index (χ0v) is 31.3. The molecule has 3 aromatic rings. The van der Waals surface area contributed by atoms with Crippen LogP contribution in [0.2, 0.25) is 0 Å². The molecular weight excluding hydrogens is 604 g/mol. The van der Waals surface area contributed by atoms with E-state index in [-0.39, 0.29) is 23.2 Å². The van der Waals surface area contributed by atoms with Crippen LogP contribution in [0.25, 0.3) is 5.57 Å². The Bertz CT molecular complexity index is 1810. The molecule has 0 spiro atoms. The topological polar surface area (TPSA) is 6.25 Å².